The Morgan fingerprint density at radius 2 is 1.87 bits per heavy atom. The molecule has 6 rings (SSSR count). The number of methoxy groups -OCH3 is 2. The normalized spacial score (nSPS) is 15.5. The molecule has 3 heterocycles. The zero-order chi connectivity index (χ0) is 27.3. The highest BCUT2D eigenvalue weighted by molar-refractivity contribution is 7.22. The number of aromatic nitrogens is 1. The summed E-state index contributed by atoms with van der Waals surface area (Å²) in [6, 6.07) is 19.1. The maximum Gasteiger partial charge on any atom is 0.296 e. The van der Waals surface area contributed by atoms with E-state index in [2.05, 4.69) is 4.98 Å². The molecule has 0 radical (unpaired) electrons. The molecule has 1 unspecified atom stereocenters. The van der Waals surface area contributed by atoms with Crippen molar-refractivity contribution in [1.29, 1.82) is 0 Å². The number of amides is 1. The van der Waals surface area contributed by atoms with Crippen LogP contribution in [0.2, 0.25) is 0 Å². The Bertz CT molecular complexity index is 1780. The highest BCUT2D eigenvalue weighted by atomic mass is 32.1. The molecule has 5 aromatic rings. The first kappa shape index (κ1) is 24.7. The summed E-state index contributed by atoms with van der Waals surface area (Å²) in [4.78, 5) is 33.6. The van der Waals surface area contributed by atoms with Crippen LogP contribution in [0.3, 0.4) is 0 Å². The lowest BCUT2D eigenvalue weighted by molar-refractivity contribution is -0.117. The second kappa shape index (κ2) is 9.59. The van der Waals surface area contributed by atoms with Gasteiger partial charge in [-0.1, -0.05) is 54.7 Å². The number of benzene rings is 3. The number of carbonyl (C=O) groups is 2. The highest BCUT2D eigenvalue weighted by Crippen LogP contribution is 2.45. The zero-order valence-electron chi connectivity index (χ0n) is 21.4. The van der Waals surface area contributed by atoms with E-state index >= 15 is 0 Å². The molecule has 1 aliphatic rings. The summed E-state index contributed by atoms with van der Waals surface area (Å²) in [5.74, 6) is -0.792. The Morgan fingerprint density at radius 1 is 1.08 bits per heavy atom. The van der Waals surface area contributed by atoms with Gasteiger partial charge in [0.1, 0.15) is 5.75 Å². The van der Waals surface area contributed by atoms with Gasteiger partial charge in [0.05, 0.1) is 36.1 Å². The van der Waals surface area contributed by atoms with Gasteiger partial charge in [-0.2, -0.15) is 0 Å². The number of furan rings is 1. The van der Waals surface area contributed by atoms with Gasteiger partial charge in [0, 0.05) is 5.39 Å². The number of Topliss-reactive ketones (excluding diaryl/α,β-unsaturated/α-hetero) is 1. The molecule has 1 atom stereocenters. The molecular formula is C30H24N2O6S. The van der Waals surface area contributed by atoms with Gasteiger partial charge in [0.25, 0.3) is 5.91 Å². The number of hydrogen-bond acceptors (Lipinski definition) is 8. The van der Waals surface area contributed by atoms with Crippen LogP contribution in [0.1, 0.15) is 34.6 Å². The number of hydrogen-bond donors (Lipinski definition) is 1. The number of aliphatic hydroxyl groups excluding tert-OH is 1. The van der Waals surface area contributed by atoms with E-state index in [1.54, 1.807) is 43.5 Å². The number of carbonyl (C=O) groups excluding carboxylic acids is 2. The Kier molecular flexibility index (Phi) is 6.07. The lowest BCUT2D eigenvalue weighted by atomic mass is 9.94. The van der Waals surface area contributed by atoms with Gasteiger partial charge >= 0.3 is 0 Å². The molecule has 8 nitrogen and oxygen atoms in total. The number of anilines is 1. The number of para-hydroxylation sites is 1. The average Bonchev–Trinajstić information content (AvgIpc) is 3.66. The third-order valence-electron chi connectivity index (χ3n) is 6.90. The lowest BCUT2D eigenvalue weighted by Gasteiger charge is -2.24. The first-order chi connectivity index (χ1) is 18.9. The van der Waals surface area contributed by atoms with Crippen molar-refractivity contribution in [2.24, 2.45) is 0 Å². The standard InChI is InChI=1S/C30H24N2O6S/c1-4-16-8-10-17(11-9-16)25-24(26(33)22-14-18-6-5-7-21(37-3)28(18)38-22)27(34)29(35)32(25)30-31-20-13-12-19(36-2)15-23(20)39-30/h5-15,25,34H,4H2,1-3H3. The summed E-state index contributed by atoms with van der Waals surface area (Å²) in [6.45, 7) is 2.05. The quantitative estimate of drug-likeness (QED) is 0.238. The van der Waals surface area contributed by atoms with Crippen molar-refractivity contribution in [3.8, 4) is 11.5 Å². The molecule has 0 fully saturated rings. The van der Waals surface area contributed by atoms with Gasteiger partial charge in [-0.15, -0.1) is 0 Å². The van der Waals surface area contributed by atoms with Gasteiger partial charge < -0.3 is 19.0 Å². The Labute approximate surface area is 227 Å². The van der Waals surface area contributed by atoms with E-state index in [1.807, 2.05) is 37.3 Å². The minimum Gasteiger partial charge on any atom is -0.503 e. The third-order valence-corrected chi connectivity index (χ3v) is 7.92. The second-order valence-corrected chi connectivity index (χ2v) is 10.1. The first-order valence-corrected chi connectivity index (χ1v) is 13.2. The van der Waals surface area contributed by atoms with Gasteiger partial charge in [0.15, 0.2) is 28.0 Å². The van der Waals surface area contributed by atoms with Crippen LogP contribution in [0.4, 0.5) is 5.13 Å². The SMILES string of the molecule is CCc1ccc(C2C(C(=O)c3cc4cccc(OC)c4o3)=C(O)C(=O)N2c2nc3ccc(OC)cc3s2)cc1. The monoisotopic (exact) mass is 540 g/mol. The largest absolute Gasteiger partial charge is 0.503 e. The number of thiazole rings is 1. The zero-order valence-corrected chi connectivity index (χ0v) is 22.2. The van der Waals surface area contributed by atoms with Crippen LogP contribution >= 0.6 is 11.3 Å². The summed E-state index contributed by atoms with van der Waals surface area (Å²) < 4.78 is 17.4. The molecule has 2 aromatic heterocycles. The number of aryl methyl sites for hydroxylation is 1. The molecule has 0 saturated carbocycles. The maximum atomic E-state index is 13.9. The fourth-order valence-electron chi connectivity index (χ4n) is 4.85. The Balaban J connectivity index is 1.49. The van der Waals surface area contributed by atoms with Crippen molar-refractivity contribution in [1.82, 2.24) is 4.98 Å². The molecule has 196 valence electrons. The van der Waals surface area contributed by atoms with Crippen molar-refractivity contribution < 1.29 is 28.6 Å². The average molecular weight is 541 g/mol. The molecule has 39 heavy (non-hydrogen) atoms. The summed E-state index contributed by atoms with van der Waals surface area (Å²) in [5.41, 5.74) is 2.78. The van der Waals surface area contributed by atoms with E-state index < -0.39 is 23.5 Å². The molecule has 1 aliphatic heterocycles. The minimum atomic E-state index is -0.909. The van der Waals surface area contributed by atoms with E-state index in [9.17, 15) is 14.7 Å². The highest BCUT2D eigenvalue weighted by Gasteiger charge is 2.46. The molecular weight excluding hydrogens is 516 g/mol. The van der Waals surface area contributed by atoms with E-state index in [0.717, 1.165) is 16.7 Å². The molecule has 1 N–H and O–H groups in total. The van der Waals surface area contributed by atoms with Gasteiger partial charge in [-0.3, -0.25) is 14.5 Å². The molecule has 0 spiro atoms. The van der Waals surface area contributed by atoms with Crippen molar-refractivity contribution in [2.75, 3.05) is 19.1 Å². The van der Waals surface area contributed by atoms with Crippen LogP contribution in [0.25, 0.3) is 21.2 Å². The van der Waals surface area contributed by atoms with Gasteiger partial charge in [-0.05, 0) is 47.9 Å². The smallest absolute Gasteiger partial charge is 0.296 e. The van der Waals surface area contributed by atoms with Crippen LogP contribution in [0, 0.1) is 0 Å². The fourth-order valence-corrected chi connectivity index (χ4v) is 5.87. The topological polar surface area (TPSA) is 102 Å². The van der Waals surface area contributed by atoms with Crippen molar-refractivity contribution in [2.45, 2.75) is 19.4 Å². The van der Waals surface area contributed by atoms with Crippen LogP contribution in [-0.2, 0) is 11.2 Å². The summed E-state index contributed by atoms with van der Waals surface area (Å²) in [6.07, 6.45) is 0.834. The van der Waals surface area contributed by atoms with E-state index in [-0.39, 0.29) is 11.3 Å². The molecule has 9 heteroatoms. The predicted octanol–water partition coefficient (Wildman–Crippen LogP) is 6.41. The van der Waals surface area contributed by atoms with E-state index in [1.165, 1.54) is 23.3 Å². The molecule has 1 amide bonds. The summed E-state index contributed by atoms with van der Waals surface area (Å²) in [5, 5.41) is 12.2. The number of aliphatic hydroxyl groups is 1. The first-order valence-electron chi connectivity index (χ1n) is 12.3. The van der Waals surface area contributed by atoms with Crippen molar-refractivity contribution >= 4 is 49.3 Å². The van der Waals surface area contributed by atoms with Gasteiger partial charge in [0.2, 0.25) is 5.78 Å². The number of fused-ring (bicyclic) bond motifs is 2. The van der Waals surface area contributed by atoms with Crippen molar-refractivity contribution in [3.63, 3.8) is 0 Å². The number of rotatable bonds is 7. The van der Waals surface area contributed by atoms with E-state index in [0.29, 0.717) is 38.7 Å². The Morgan fingerprint density at radius 3 is 2.59 bits per heavy atom. The molecule has 0 aliphatic carbocycles. The van der Waals surface area contributed by atoms with Crippen LogP contribution in [0.5, 0.6) is 11.5 Å². The minimum absolute atomic E-state index is 0.00471. The lowest BCUT2D eigenvalue weighted by Crippen LogP contribution is -2.31. The fraction of sp³-hybridized carbons (Fsp3) is 0.167. The van der Waals surface area contributed by atoms with Crippen LogP contribution < -0.4 is 14.4 Å². The Hall–Kier alpha value is -4.63. The number of nitrogens with zero attached hydrogens (tertiary/aromatic N) is 2. The number of ketones is 1. The van der Waals surface area contributed by atoms with Gasteiger partial charge in [-0.25, -0.2) is 4.98 Å². The predicted molar refractivity (Wildman–Crippen MR) is 149 cm³/mol. The maximum absolute atomic E-state index is 13.9. The molecule has 0 saturated heterocycles. The summed E-state index contributed by atoms with van der Waals surface area (Å²) >= 11 is 1.28. The molecule has 3 aromatic carbocycles. The van der Waals surface area contributed by atoms with E-state index in [4.69, 9.17) is 13.9 Å². The summed E-state index contributed by atoms with van der Waals surface area (Å²) in [7, 11) is 3.10. The third kappa shape index (κ3) is 4.02. The van der Waals surface area contributed by atoms with Crippen molar-refractivity contribution in [3.05, 3.63) is 94.9 Å². The number of ether oxygens (including phenoxy) is 2. The second-order valence-electron chi connectivity index (χ2n) is 9.08. The van der Waals surface area contributed by atoms with Crippen LogP contribution in [0.15, 0.2) is 82.5 Å². The van der Waals surface area contributed by atoms with Crippen LogP contribution in [-0.4, -0.2) is 36.0 Å². The molecule has 0 bridgehead atoms.